The summed E-state index contributed by atoms with van der Waals surface area (Å²) in [7, 11) is -1.99. The SMILES string of the molecule is Cn1nc(C(C)(F)F)c(Oc2ccccc2)c1NC(=O)[C@H](/C=C/S(C)(=O)=O)C1CC1. The summed E-state index contributed by atoms with van der Waals surface area (Å²) in [6.45, 7) is 0.695. The molecule has 3 rings (SSSR count). The van der Waals surface area contributed by atoms with Gasteiger partial charge < -0.3 is 10.1 Å². The van der Waals surface area contributed by atoms with E-state index in [-0.39, 0.29) is 17.5 Å². The van der Waals surface area contributed by atoms with E-state index in [1.807, 2.05) is 0 Å². The fourth-order valence-corrected chi connectivity index (χ4v) is 3.43. The number of carbonyl (C=O) groups excluding carboxylic acids is 1. The Hall–Kier alpha value is -2.75. The van der Waals surface area contributed by atoms with Crippen LogP contribution in [0.3, 0.4) is 0 Å². The van der Waals surface area contributed by atoms with Crippen molar-refractivity contribution in [2.45, 2.75) is 25.7 Å². The fourth-order valence-electron chi connectivity index (χ4n) is 2.97. The maximum absolute atomic E-state index is 14.2. The number of hydrogen-bond donors (Lipinski definition) is 1. The zero-order chi connectivity index (χ0) is 22.1. The first-order valence-corrected chi connectivity index (χ1v) is 11.3. The molecule has 10 heteroatoms. The van der Waals surface area contributed by atoms with Gasteiger partial charge in [0.2, 0.25) is 5.91 Å². The molecular weight excluding hydrogens is 416 g/mol. The molecule has 0 bridgehead atoms. The predicted octanol–water partition coefficient (Wildman–Crippen LogP) is 3.85. The highest BCUT2D eigenvalue weighted by atomic mass is 32.2. The van der Waals surface area contributed by atoms with E-state index in [9.17, 15) is 22.0 Å². The summed E-state index contributed by atoms with van der Waals surface area (Å²) >= 11 is 0. The molecule has 1 aromatic carbocycles. The number of benzene rings is 1. The largest absolute Gasteiger partial charge is 0.451 e. The lowest BCUT2D eigenvalue weighted by Crippen LogP contribution is -2.24. The second-order valence-corrected chi connectivity index (χ2v) is 9.40. The van der Waals surface area contributed by atoms with Gasteiger partial charge in [0, 0.05) is 25.6 Å². The lowest BCUT2D eigenvalue weighted by atomic mass is 10.0. The molecule has 0 spiro atoms. The van der Waals surface area contributed by atoms with E-state index in [0.717, 1.165) is 29.2 Å². The van der Waals surface area contributed by atoms with Crippen molar-refractivity contribution < 1.29 is 26.7 Å². The van der Waals surface area contributed by atoms with E-state index < -0.39 is 33.3 Å². The predicted molar refractivity (Wildman–Crippen MR) is 108 cm³/mol. The van der Waals surface area contributed by atoms with Crippen molar-refractivity contribution in [1.82, 2.24) is 9.78 Å². The minimum Gasteiger partial charge on any atom is -0.451 e. The minimum atomic E-state index is -3.41. The Balaban J connectivity index is 1.95. The average Bonchev–Trinajstić information content (AvgIpc) is 3.42. The van der Waals surface area contributed by atoms with Crippen molar-refractivity contribution in [1.29, 1.82) is 0 Å². The highest BCUT2D eigenvalue weighted by Gasteiger charge is 2.38. The molecule has 30 heavy (non-hydrogen) atoms. The molecule has 1 aromatic heterocycles. The van der Waals surface area contributed by atoms with Gasteiger partial charge in [-0.2, -0.15) is 13.9 Å². The maximum Gasteiger partial charge on any atom is 0.292 e. The van der Waals surface area contributed by atoms with Crippen molar-refractivity contribution in [3.05, 3.63) is 47.5 Å². The molecule has 1 heterocycles. The molecule has 1 atom stereocenters. The van der Waals surface area contributed by atoms with Crippen LogP contribution in [0.5, 0.6) is 11.5 Å². The van der Waals surface area contributed by atoms with Crippen LogP contribution >= 0.6 is 0 Å². The molecule has 162 valence electrons. The molecule has 1 fully saturated rings. The Kier molecular flexibility index (Phi) is 5.98. The monoisotopic (exact) mass is 439 g/mol. The Labute approximate surface area is 173 Å². The van der Waals surface area contributed by atoms with Gasteiger partial charge >= 0.3 is 0 Å². The quantitative estimate of drug-likeness (QED) is 0.675. The van der Waals surface area contributed by atoms with Crippen molar-refractivity contribution in [3.63, 3.8) is 0 Å². The first-order chi connectivity index (χ1) is 14.0. The van der Waals surface area contributed by atoms with Crippen LogP contribution in [0.1, 0.15) is 25.5 Å². The number of halogens is 2. The number of alkyl halides is 2. The van der Waals surface area contributed by atoms with Gasteiger partial charge in [-0.15, -0.1) is 0 Å². The Morgan fingerprint density at radius 3 is 2.50 bits per heavy atom. The number of nitrogens with one attached hydrogen (secondary N) is 1. The van der Waals surface area contributed by atoms with Crippen molar-refractivity contribution in [2.75, 3.05) is 11.6 Å². The molecule has 0 radical (unpaired) electrons. The van der Waals surface area contributed by atoms with Gasteiger partial charge in [0.1, 0.15) is 5.75 Å². The summed E-state index contributed by atoms with van der Waals surface area (Å²) in [5.41, 5.74) is -0.612. The van der Waals surface area contributed by atoms with Crippen LogP contribution in [-0.2, 0) is 27.6 Å². The van der Waals surface area contributed by atoms with Gasteiger partial charge in [-0.3, -0.25) is 4.79 Å². The van der Waals surface area contributed by atoms with Gasteiger partial charge in [0.05, 0.1) is 5.92 Å². The van der Waals surface area contributed by atoms with Crippen LogP contribution in [-0.4, -0.2) is 30.4 Å². The molecule has 1 aliphatic carbocycles. The molecule has 7 nitrogen and oxygen atoms in total. The molecule has 1 N–H and O–H groups in total. The zero-order valence-electron chi connectivity index (χ0n) is 16.8. The van der Waals surface area contributed by atoms with E-state index in [2.05, 4.69) is 10.4 Å². The summed E-state index contributed by atoms with van der Waals surface area (Å²) in [6.07, 6.45) is 3.94. The number of hydrogen-bond acceptors (Lipinski definition) is 5. The molecule has 0 unspecified atom stereocenters. The van der Waals surface area contributed by atoms with E-state index in [4.69, 9.17) is 4.74 Å². The molecule has 1 amide bonds. The van der Waals surface area contributed by atoms with Crippen molar-refractivity contribution in [3.8, 4) is 11.5 Å². The Bertz CT molecular complexity index is 1060. The van der Waals surface area contributed by atoms with Gasteiger partial charge in [0.25, 0.3) is 5.92 Å². The third-order valence-corrected chi connectivity index (χ3v) is 5.24. The standard InChI is InChI=1S/C20H23F2N3O4S/c1-20(21,22)17-16(29-14-7-5-4-6-8-14)18(25(2)24-17)23-19(26)15(13-9-10-13)11-12-30(3,27)28/h4-8,11-13,15H,9-10H2,1-3H3,(H,23,26)/b12-11+/t15-/m1/s1. The first kappa shape index (κ1) is 21.9. The number of ether oxygens (including phenoxy) is 1. The number of sulfone groups is 1. The molecule has 2 aromatic rings. The average molecular weight is 439 g/mol. The Morgan fingerprint density at radius 2 is 1.97 bits per heavy atom. The summed E-state index contributed by atoms with van der Waals surface area (Å²) in [5.74, 6) is -4.50. The van der Waals surface area contributed by atoms with E-state index in [1.54, 1.807) is 30.3 Å². The number of para-hydroxylation sites is 1. The number of rotatable bonds is 8. The van der Waals surface area contributed by atoms with Crippen LogP contribution in [0.25, 0.3) is 0 Å². The summed E-state index contributed by atoms with van der Waals surface area (Å²) in [4.78, 5) is 12.9. The number of nitrogens with zero attached hydrogens (tertiary/aromatic N) is 2. The van der Waals surface area contributed by atoms with Gasteiger partial charge in [-0.25, -0.2) is 13.1 Å². The van der Waals surface area contributed by atoms with Crippen molar-refractivity contribution in [2.24, 2.45) is 18.9 Å². The highest BCUT2D eigenvalue weighted by molar-refractivity contribution is 7.93. The minimum absolute atomic E-state index is 0.00167. The van der Waals surface area contributed by atoms with E-state index in [0.29, 0.717) is 12.7 Å². The summed E-state index contributed by atoms with van der Waals surface area (Å²) in [5, 5.41) is 7.45. The smallest absolute Gasteiger partial charge is 0.292 e. The third kappa shape index (κ3) is 5.44. The first-order valence-electron chi connectivity index (χ1n) is 9.33. The van der Waals surface area contributed by atoms with Gasteiger partial charge in [-0.05, 0) is 30.9 Å². The maximum atomic E-state index is 14.2. The molecular formula is C20H23F2N3O4S. The molecule has 1 saturated carbocycles. The second-order valence-electron chi connectivity index (χ2n) is 7.46. The molecule has 1 aliphatic rings. The van der Waals surface area contributed by atoms with Crippen LogP contribution < -0.4 is 10.1 Å². The van der Waals surface area contributed by atoms with Gasteiger partial charge in [-0.1, -0.05) is 24.3 Å². The number of carbonyl (C=O) groups is 1. The van der Waals surface area contributed by atoms with Crippen LogP contribution in [0, 0.1) is 11.8 Å². The van der Waals surface area contributed by atoms with Gasteiger partial charge in [0.15, 0.2) is 27.1 Å². The number of amides is 1. The van der Waals surface area contributed by atoms with Crippen LogP contribution in [0.4, 0.5) is 14.6 Å². The Morgan fingerprint density at radius 1 is 1.33 bits per heavy atom. The summed E-state index contributed by atoms with van der Waals surface area (Å²) < 4.78 is 58.0. The fraction of sp³-hybridized carbons (Fsp3) is 0.400. The highest BCUT2D eigenvalue weighted by Crippen LogP contribution is 2.42. The summed E-state index contributed by atoms with van der Waals surface area (Å²) in [6, 6.07) is 8.32. The lowest BCUT2D eigenvalue weighted by Gasteiger charge is -2.15. The van der Waals surface area contributed by atoms with Crippen LogP contribution in [0.2, 0.25) is 0 Å². The van der Waals surface area contributed by atoms with E-state index in [1.165, 1.54) is 13.1 Å². The third-order valence-electron chi connectivity index (χ3n) is 4.59. The number of aryl methyl sites for hydroxylation is 1. The number of aromatic nitrogens is 2. The van der Waals surface area contributed by atoms with Crippen LogP contribution in [0.15, 0.2) is 41.8 Å². The zero-order valence-corrected chi connectivity index (χ0v) is 17.6. The normalized spacial score (nSPS) is 15.9. The van der Waals surface area contributed by atoms with Crippen molar-refractivity contribution >= 4 is 21.6 Å². The number of anilines is 1. The molecule has 0 saturated heterocycles. The van der Waals surface area contributed by atoms with E-state index >= 15 is 0 Å². The topological polar surface area (TPSA) is 90.3 Å². The molecule has 0 aliphatic heterocycles. The lowest BCUT2D eigenvalue weighted by molar-refractivity contribution is -0.119. The second kappa shape index (κ2) is 8.17.